The van der Waals surface area contributed by atoms with Crippen molar-refractivity contribution in [3.8, 4) is 10.6 Å². The van der Waals surface area contributed by atoms with Crippen LogP contribution in [0, 0.1) is 13.8 Å². The lowest BCUT2D eigenvalue weighted by atomic mass is 10.2. The van der Waals surface area contributed by atoms with Gasteiger partial charge in [0.1, 0.15) is 11.7 Å². The summed E-state index contributed by atoms with van der Waals surface area (Å²) in [5.74, 6) is -0.345. The summed E-state index contributed by atoms with van der Waals surface area (Å²) in [4.78, 5) is 41.9. The van der Waals surface area contributed by atoms with Crippen molar-refractivity contribution in [2.75, 3.05) is 6.54 Å². The van der Waals surface area contributed by atoms with Gasteiger partial charge in [-0.05, 0) is 38.3 Å². The summed E-state index contributed by atoms with van der Waals surface area (Å²) in [5.41, 5.74) is 1.44. The summed E-state index contributed by atoms with van der Waals surface area (Å²) < 4.78 is 2.63. The molecule has 0 aliphatic rings. The van der Waals surface area contributed by atoms with E-state index >= 15 is 0 Å². The van der Waals surface area contributed by atoms with Crippen LogP contribution in [0.2, 0.25) is 0 Å². The van der Waals surface area contributed by atoms with Crippen LogP contribution in [0.15, 0.2) is 45.6 Å². The summed E-state index contributed by atoms with van der Waals surface area (Å²) in [6.07, 6.45) is 1.47. The number of thiophene rings is 1. The first-order valence-electron chi connectivity index (χ1n) is 8.82. The molecule has 8 nitrogen and oxygen atoms in total. The summed E-state index contributed by atoms with van der Waals surface area (Å²) in [6.45, 7) is 5.65. The zero-order valence-corrected chi connectivity index (χ0v) is 16.7. The standard InChI is InChI=1S/C19H21N5O3S/c1-12-13(2)21-11-23(19(12)27)9-8-20-18(26)14(3)24-17(25)7-6-15(22-24)16-5-4-10-28-16/h4-7,10-11,14H,8-9H2,1-3H3,(H,20,26). The van der Waals surface area contributed by atoms with Crippen LogP contribution < -0.4 is 16.4 Å². The van der Waals surface area contributed by atoms with Gasteiger partial charge >= 0.3 is 0 Å². The predicted octanol–water partition coefficient (Wildman–Crippen LogP) is 1.52. The Morgan fingerprint density at radius 2 is 2.04 bits per heavy atom. The molecule has 0 fully saturated rings. The minimum atomic E-state index is -0.776. The van der Waals surface area contributed by atoms with Crippen molar-refractivity contribution in [2.45, 2.75) is 33.4 Å². The number of hydrogen-bond donors (Lipinski definition) is 1. The number of aryl methyl sites for hydroxylation is 1. The molecule has 0 bridgehead atoms. The highest BCUT2D eigenvalue weighted by Gasteiger charge is 2.18. The molecule has 0 spiro atoms. The lowest BCUT2D eigenvalue weighted by Crippen LogP contribution is -2.39. The van der Waals surface area contributed by atoms with Crippen molar-refractivity contribution in [3.63, 3.8) is 0 Å². The second-order valence-electron chi connectivity index (χ2n) is 6.40. The van der Waals surface area contributed by atoms with Crippen LogP contribution in [0.25, 0.3) is 10.6 Å². The van der Waals surface area contributed by atoms with Crippen LogP contribution in [0.3, 0.4) is 0 Å². The first kappa shape index (κ1) is 19.7. The van der Waals surface area contributed by atoms with Gasteiger partial charge < -0.3 is 5.32 Å². The fourth-order valence-electron chi connectivity index (χ4n) is 2.65. The Morgan fingerprint density at radius 3 is 2.75 bits per heavy atom. The normalized spacial score (nSPS) is 12.0. The topological polar surface area (TPSA) is 98.9 Å². The second-order valence-corrected chi connectivity index (χ2v) is 7.35. The summed E-state index contributed by atoms with van der Waals surface area (Å²) in [5, 5.41) is 9.00. The van der Waals surface area contributed by atoms with Gasteiger partial charge in [-0.15, -0.1) is 11.3 Å². The number of carbonyl (C=O) groups is 1. The Kier molecular flexibility index (Phi) is 5.84. The van der Waals surface area contributed by atoms with Crippen molar-refractivity contribution < 1.29 is 4.79 Å². The van der Waals surface area contributed by atoms with Crippen molar-refractivity contribution in [3.05, 3.63) is 67.9 Å². The van der Waals surface area contributed by atoms with Gasteiger partial charge in [-0.2, -0.15) is 5.10 Å². The molecule has 3 aromatic heterocycles. The number of aromatic nitrogens is 4. The SMILES string of the molecule is Cc1ncn(CCNC(=O)C(C)n2nc(-c3cccs3)ccc2=O)c(=O)c1C. The van der Waals surface area contributed by atoms with E-state index < -0.39 is 6.04 Å². The molecular formula is C19H21N5O3S. The van der Waals surface area contributed by atoms with E-state index in [0.717, 1.165) is 4.88 Å². The third-order valence-electron chi connectivity index (χ3n) is 4.51. The van der Waals surface area contributed by atoms with Crippen LogP contribution in [0.5, 0.6) is 0 Å². The van der Waals surface area contributed by atoms with Crippen LogP contribution in [0.1, 0.15) is 24.2 Å². The largest absolute Gasteiger partial charge is 0.352 e. The fraction of sp³-hybridized carbons (Fsp3) is 0.316. The lowest BCUT2D eigenvalue weighted by Gasteiger charge is -2.15. The van der Waals surface area contributed by atoms with Crippen LogP contribution in [0.4, 0.5) is 0 Å². The van der Waals surface area contributed by atoms with Gasteiger partial charge in [-0.3, -0.25) is 19.0 Å². The molecule has 0 aliphatic carbocycles. The third kappa shape index (κ3) is 4.09. The highest BCUT2D eigenvalue weighted by Crippen LogP contribution is 2.21. The minimum Gasteiger partial charge on any atom is -0.352 e. The van der Waals surface area contributed by atoms with Crippen LogP contribution in [-0.2, 0) is 11.3 Å². The monoisotopic (exact) mass is 399 g/mol. The van der Waals surface area contributed by atoms with E-state index in [1.165, 1.54) is 33.0 Å². The molecule has 0 aromatic carbocycles. The molecule has 1 atom stereocenters. The number of hydrogen-bond acceptors (Lipinski definition) is 6. The van der Waals surface area contributed by atoms with Crippen molar-refractivity contribution in [2.24, 2.45) is 0 Å². The molecule has 9 heteroatoms. The summed E-state index contributed by atoms with van der Waals surface area (Å²) in [7, 11) is 0. The van der Waals surface area contributed by atoms with E-state index in [0.29, 0.717) is 23.5 Å². The molecule has 0 aliphatic heterocycles. The molecule has 28 heavy (non-hydrogen) atoms. The summed E-state index contributed by atoms with van der Waals surface area (Å²) in [6, 6.07) is 6.08. The quantitative estimate of drug-likeness (QED) is 0.678. The number of nitrogens with one attached hydrogen (secondary N) is 1. The van der Waals surface area contributed by atoms with Gasteiger partial charge in [0.15, 0.2) is 0 Å². The average molecular weight is 399 g/mol. The maximum absolute atomic E-state index is 12.5. The molecule has 1 amide bonds. The molecule has 0 saturated heterocycles. The van der Waals surface area contributed by atoms with Gasteiger partial charge in [0.25, 0.3) is 11.1 Å². The lowest BCUT2D eigenvalue weighted by molar-refractivity contribution is -0.124. The Bertz CT molecular complexity index is 1100. The Labute approximate surface area is 165 Å². The molecule has 3 aromatic rings. The molecule has 3 heterocycles. The van der Waals surface area contributed by atoms with Gasteiger partial charge in [-0.25, -0.2) is 9.67 Å². The van der Waals surface area contributed by atoms with Crippen molar-refractivity contribution in [1.29, 1.82) is 0 Å². The summed E-state index contributed by atoms with van der Waals surface area (Å²) >= 11 is 1.51. The van der Waals surface area contributed by atoms with E-state index in [9.17, 15) is 14.4 Å². The number of rotatable bonds is 6. The number of amides is 1. The molecule has 1 unspecified atom stereocenters. The number of nitrogens with zero attached hydrogens (tertiary/aromatic N) is 4. The van der Waals surface area contributed by atoms with Gasteiger partial charge in [0.2, 0.25) is 5.91 Å². The highest BCUT2D eigenvalue weighted by atomic mass is 32.1. The molecular weight excluding hydrogens is 378 g/mol. The molecule has 1 N–H and O–H groups in total. The van der Waals surface area contributed by atoms with E-state index in [1.54, 1.807) is 26.8 Å². The molecule has 0 saturated carbocycles. The van der Waals surface area contributed by atoms with E-state index in [-0.39, 0.29) is 23.6 Å². The second kappa shape index (κ2) is 8.30. The Balaban J connectivity index is 1.68. The van der Waals surface area contributed by atoms with Crippen LogP contribution in [-0.4, -0.2) is 31.8 Å². The van der Waals surface area contributed by atoms with E-state index in [1.807, 2.05) is 17.5 Å². The first-order valence-corrected chi connectivity index (χ1v) is 9.70. The zero-order chi connectivity index (χ0) is 20.3. The van der Waals surface area contributed by atoms with Gasteiger partial charge in [-0.1, -0.05) is 6.07 Å². The first-order chi connectivity index (χ1) is 13.4. The highest BCUT2D eigenvalue weighted by molar-refractivity contribution is 7.13. The van der Waals surface area contributed by atoms with E-state index in [4.69, 9.17) is 0 Å². The van der Waals surface area contributed by atoms with Crippen molar-refractivity contribution in [1.82, 2.24) is 24.6 Å². The Hall–Kier alpha value is -3.07. The maximum atomic E-state index is 12.5. The molecule has 3 rings (SSSR count). The maximum Gasteiger partial charge on any atom is 0.267 e. The molecule has 146 valence electrons. The average Bonchev–Trinajstić information content (AvgIpc) is 3.22. The Morgan fingerprint density at radius 1 is 1.25 bits per heavy atom. The van der Waals surface area contributed by atoms with Crippen LogP contribution >= 0.6 is 11.3 Å². The number of carbonyl (C=O) groups excluding carboxylic acids is 1. The third-order valence-corrected chi connectivity index (χ3v) is 5.40. The fourth-order valence-corrected chi connectivity index (χ4v) is 3.34. The smallest absolute Gasteiger partial charge is 0.267 e. The minimum absolute atomic E-state index is 0.128. The van der Waals surface area contributed by atoms with Gasteiger partial charge in [0.05, 0.1) is 11.2 Å². The van der Waals surface area contributed by atoms with Crippen molar-refractivity contribution >= 4 is 17.2 Å². The van der Waals surface area contributed by atoms with Gasteiger partial charge in [0, 0.05) is 30.4 Å². The predicted molar refractivity (Wildman–Crippen MR) is 108 cm³/mol. The van der Waals surface area contributed by atoms with E-state index in [2.05, 4.69) is 15.4 Å². The zero-order valence-electron chi connectivity index (χ0n) is 15.9. The molecule has 0 radical (unpaired) electrons.